The van der Waals surface area contributed by atoms with Gasteiger partial charge in [0.05, 0.1) is 0 Å². The van der Waals surface area contributed by atoms with Crippen molar-refractivity contribution in [3.05, 3.63) is 46.9 Å². The number of allylic oxidation sites excluding steroid dienone is 2. The maximum atomic E-state index is 4.49. The molecule has 0 atom stereocenters. The fourth-order valence-electron chi connectivity index (χ4n) is 3.49. The summed E-state index contributed by atoms with van der Waals surface area (Å²) in [6.45, 7) is 8.81. The van der Waals surface area contributed by atoms with Crippen LogP contribution in [0, 0.1) is 12.8 Å². The van der Waals surface area contributed by atoms with Crippen LogP contribution in [-0.4, -0.2) is 0 Å². The van der Waals surface area contributed by atoms with Gasteiger partial charge < -0.3 is 0 Å². The third-order valence-electron chi connectivity index (χ3n) is 4.67. The van der Waals surface area contributed by atoms with Crippen molar-refractivity contribution in [3.8, 4) is 0 Å². The normalized spacial score (nSPS) is 16.9. The molecule has 0 spiro atoms. The molecular formula is C20H24S. The van der Waals surface area contributed by atoms with E-state index in [2.05, 4.69) is 50.8 Å². The van der Waals surface area contributed by atoms with Crippen molar-refractivity contribution in [1.82, 2.24) is 0 Å². The first-order valence-electron chi connectivity index (χ1n) is 8.06. The van der Waals surface area contributed by atoms with Crippen LogP contribution < -0.4 is 0 Å². The maximum Gasteiger partial charge on any atom is 0.0384 e. The molecule has 0 radical (unpaired) electrons. The fourth-order valence-corrected chi connectivity index (χ4v) is 4.79. The van der Waals surface area contributed by atoms with Crippen molar-refractivity contribution in [3.63, 3.8) is 0 Å². The molecule has 0 bridgehead atoms. The molecule has 2 aromatic rings. The second kappa shape index (κ2) is 6.19. The lowest BCUT2D eigenvalue weighted by atomic mass is 9.83. The van der Waals surface area contributed by atoms with E-state index in [4.69, 9.17) is 0 Å². The average molecular weight is 296 g/mol. The van der Waals surface area contributed by atoms with E-state index in [1.807, 2.05) is 11.3 Å². The Morgan fingerprint density at radius 1 is 1.24 bits per heavy atom. The van der Waals surface area contributed by atoms with Gasteiger partial charge in [0, 0.05) is 20.5 Å². The van der Waals surface area contributed by atoms with Gasteiger partial charge in [0.15, 0.2) is 0 Å². The number of benzene rings is 1. The summed E-state index contributed by atoms with van der Waals surface area (Å²) in [5.41, 5.74) is 4.14. The van der Waals surface area contributed by atoms with Crippen molar-refractivity contribution in [2.75, 3.05) is 0 Å². The van der Waals surface area contributed by atoms with E-state index in [1.165, 1.54) is 63.8 Å². The second-order valence-corrected chi connectivity index (χ2v) is 7.18. The molecule has 1 saturated carbocycles. The van der Waals surface area contributed by atoms with Gasteiger partial charge in [-0.05, 0) is 43.7 Å². The summed E-state index contributed by atoms with van der Waals surface area (Å²) in [5, 5.41) is 1.39. The van der Waals surface area contributed by atoms with Gasteiger partial charge in [-0.1, -0.05) is 56.2 Å². The molecule has 0 unspecified atom stereocenters. The molecule has 0 amide bonds. The van der Waals surface area contributed by atoms with Gasteiger partial charge in [0.1, 0.15) is 0 Å². The predicted molar refractivity (Wildman–Crippen MR) is 96.9 cm³/mol. The van der Waals surface area contributed by atoms with Crippen LogP contribution in [0.3, 0.4) is 0 Å². The second-order valence-electron chi connectivity index (χ2n) is 6.16. The molecule has 1 heteroatoms. The maximum absolute atomic E-state index is 4.49. The SMILES string of the molecule is C=C(c1sc2c(C)cccc2c1/C=C\C)C1CCCCC1. The van der Waals surface area contributed by atoms with Crippen LogP contribution in [0.5, 0.6) is 0 Å². The quantitative estimate of drug-likeness (QED) is 0.582. The number of hydrogen-bond donors (Lipinski definition) is 0. The molecule has 110 valence electrons. The van der Waals surface area contributed by atoms with Crippen LogP contribution in [0.1, 0.15) is 55.0 Å². The summed E-state index contributed by atoms with van der Waals surface area (Å²) in [6.07, 6.45) is 11.2. The minimum atomic E-state index is 0.691. The van der Waals surface area contributed by atoms with E-state index in [1.54, 1.807) is 0 Å². The highest BCUT2D eigenvalue weighted by atomic mass is 32.1. The molecular weight excluding hydrogens is 272 g/mol. The largest absolute Gasteiger partial charge is 0.135 e. The Labute approximate surface area is 132 Å². The number of rotatable bonds is 3. The van der Waals surface area contributed by atoms with Crippen LogP contribution in [0.2, 0.25) is 0 Å². The van der Waals surface area contributed by atoms with Crippen molar-refractivity contribution >= 4 is 33.1 Å². The summed E-state index contributed by atoms with van der Waals surface area (Å²) < 4.78 is 1.43. The smallest absolute Gasteiger partial charge is 0.0384 e. The van der Waals surface area contributed by atoms with Crippen LogP contribution in [0.4, 0.5) is 0 Å². The molecule has 0 saturated heterocycles. The van der Waals surface area contributed by atoms with Crippen molar-refractivity contribution in [2.45, 2.75) is 46.0 Å². The highest BCUT2D eigenvalue weighted by Crippen LogP contribution is 2.43. The van der Waals surface area contributed by atoms with E-state index in [0.717, 1.165) is 0 Å². The Hall–Kier alpha value is -1.34. The Bertz CT molecular complexity index is 681. The number of hydrogen-bond acceptors (Lipinski definition) is 1. The molecule has 1 aliphatic rings. The van der Waals surface area contributed by atoms with Crippen LogP contribution >= 0.6 is 11.3 Å². The molecule has 1 heterocycles. The van der Waals surface area contributed by atoms with Gasteiger partial charge in [-0.15, -0.1) is 11.3 Å². The van der Waals surface area contributed by atoms with Crippen LogP contribution in [0.15, 0.2) is 30.9 Å². The molecule has 1 aromatic heterocycles. The third-order valence-corrected chi connectivity index (χ3v) is 6.11. The average Bonchev–Trinajstić information content (AvgIpc) is 2.88. The highest BCUT2D eigenvalue weighted by Gasteiger charge is 2.21. The molecule has 0 nitrogen and oxygen atoms in total. The van der Waals surface area contributed by atoms with Gasteiger partial charge in [0.2, 0.25) is 0 Å². The summed E-state index contributed by atoms with van der Waals surface area (Å²) in [4.78, 5) is 1.42. The van der Waals surface area contributed by atoms with Crippen molar-refractivity contribution in [1.29, 1.82) is 0 Å². The van der Waals surface area contributed by atoms with Crippen LogP contribution in [0.25, 0.3) is 21.7 Å². The molecule has 3 rings (SSSR count). The highest BCUT2D eigenvalue weighted by molar-refractivity contribution is 7.20. The van der Waals surface area contributed by atoms with Gasteiger partial charge >= 0.3 is 0 Å². The fraction of sp³-hybridized carbons (Fsp3) is 0.400. The number of thiophene rings is 1. The van der Waals surface area contributed by atoms with E-state index in [-0.39, 0.29) is 0 Å². The van der Waals surface area contributed by atoms with Gasteiger partial charge in [0.25, 0.3) is 0 Å². The number of fused-ring (bicyclic) bond motifs is 1. The molecule has 21 heavy (non-hydrogen) atoms. The zero-order chi connectivity index (χ0) is 14.8. The zero-order valence-corrected chi connectivity index (χ0v) is 13.9. The summed E-state index contributed by atoms with van der Waals surface area (Å²) in [5.74, 6) is 0.691. The topological polar surface area (TPSA) is 0 Å². The lowest BCUT2D eigenvalue weighted by Crippen LogP contribution is -2.07. The van der Waals surface area contributed by atoms with E-state index in [9.17, 15) is 0 Å². The molecule has 0 N–H and O–H groups in total. The first kappa shape index (κ1) is 14.6. The number of aryl methyl sites for hydroxylation is 1. The van der Waals surface area contributed by atoms with E-state index in [0.29, 0.717) is 5.92 Å². The Morgan fingerprint density at radius 3 is 2.71 bits per heavy atom. The van der Waals surface area contributed by atoms with Crippen LogP contribution in [-0.2, 0) is 0 Å². The molecule has 1 aromatic carbocycles. The Balaban J connectivity index is 2.10. The summed E-state index contributed by atoms with van der Waals surface area (Å²) >= 11 is 1.94. The minimum Gasteiger partial charge on any atom is -0.135 e. The van der Waals surface area contributed by atoms with Gasteiger partial charge in [-0.25, -0.2) is 0 Å². The standard InChI is InChI=1S/C20H24S/c1-4-9-17-18-13-8-10-14(2)19(18)21-20(17)15(3)16-11-6-5-7-12-16/h4,8-10,13,16H,3,5-7,11-12H2,1-2H3/b9-4-. The Morgan fingerprint density at radius 2 is 2.00 bits per heavy atom. The minimum absolute atomic E-state index is 0.691. The van der Waals surface area contributed by atoms with E-state index >= 15 is 0 Å². The zero-order valence-electron chi connectivity index (χ0n) is 13.1. The monoisotopic (exact) mass is 296 g/mol. The van der Waals surface area contributed by atoms with Crippen molar-refractivity contribution < 1.29 is 0 Å². The van der Waals surface area contributed by atoms with Gasteiger partial charge in [-0.3, -0.25) is 0 Å². The summed E-state index contributed by atoms with van der Waals surface area (Å²) in [6, 6.07) is 6.64. The lowest BCUT2D eigenvalue weighted by Gasteiger charge is -2.23. The third kappa shape index (κ3) is 2.72. The van der Waals surface area contributed by atoms with Crippen molar-refractivity contribution in [2.24, 2.45) is 5.92 Å². The first-order chi connectivity index (χ1) is 10.2. The molecule has 0 aliphatic heterocycles. The molecule has 1 aliphatic carbocycles. The Kier molecular flexibility index (Phi) is 4.30. The van der Waals surface area contributed by atoms with E-state index < -0.39 is 0 Å². The first-order valence-corrected chi connectivity index (χ1v) is 8.88. The summed E-state index contributed by atoms with van der Waals surface area (Å²) in [7, 11) is 0. The lowest BCUT2D eigenvalue weighted by molar-refractivity contribution is 0.430. The van der Waals surface area contributed by atoms with Gasteiger partial charge in [-0.2, -0.15) is 0 Å². The molecule has 1 fully saturated rings. The predicted octanol–water partition coefficient (Wildman–Crippen LogP) is 6.84.